The van der Waals surface area contributed by atoms with Gasteiger partial charge in [-0.2, -0.15) is 5.10 Å². The first-order valence-corrected chi connectivity index (χ1v) is 6.88. The summed E-state index contributed by atoms with van der Waals surface area (Å²) in [5.41, 5.74) is 3.40. The van der Waals surface area contributed by atoms with E-state index in [0.717, 1.165) is 22.3 Å². The molecule has 1 aromatic heterocycles. The third kappa shape index (κ3) is 3.00. The van der Waals surface area contributed by atoms with Crippen LogP contribution in [0.2, 0.25) is 0 Å². The average molecular weight is 308 g/mol. The summed E-state index contributed by atoms with van der Waals surface area (Å²) >= 11 is 3.59. The van der Waals surface area contributed by atoms with E-state index in [1.165, 1.54) is 5.56 Å². The van der Waals surface area contributed by atoms with E-state index in [0.29, 0.717) is 6.04 Å². The van der Waals surface area contributed by atoms with Crippen LogP contribution in [0.25, 0.3) is 11.3 Å². The van der Waals surface area contributed by atoms with Gasteiger partial charge < -0.3 is 5.32 Å². The molecule has 2 rings (SSSR count). The Morgan fingerprint density at radius 1 is 1.33 bits per heavy atom. The molecule has 0 aliphatic heterocycles. The van der Waals surface area contributed by atoms with Crippen molar-refractivity contribution in [2.45, 2.75) is 26.4 Å². The first-order valence-electron chi connectivity index (χ1n) is 6.08. The van der Waals surface area contributed by atoms with Crippen LogP contribution in [-0.4, -0.2) is 15.8 Å². The summed E-state index contributed by atoms with van der Waals surface area (Å²) in [6.07, 6.45) is 2.07. The van der Waals surface area contributed by atoms with Gasteiger partial charge in [0.05, 0.1) is 5.69 Å². The van der Waals surface area contributed by atoms with Gasteiger partial charge in [-0.1, -0.05) is 48.0 Å². The van der Waals surface area contributed by atoms with Gasteiger partial charge in [0.25, 0.3) is 0 Å². The van der Waals surface area contributed by atoms with Crippen molar-refractivity contribution >= 4 is 15.9 Å². The molecule has 0 fully saturated rings. The SMILES string of the molecule is CC(C)NCc1cn(C)nc1-c1ccccc1Br. The van der Waals surface area contributed by atoms with Crippen molar-refractivity contribution < 1.29 is 0 Å². The number of aryl methyl sites for hydroxylation is 1. The first kappa shape index (κ1) is 13.3. The highest BCUT2D eigenvalue weighted by molar-refractivity contribution is 9.10. The first-order chi connectivity index (χ1) is 8.58. The van der Waals surface area contributed by atoms with Gasteiger partial charge in [-0.3, -0.25) is 4.68 Å². The van der Waals surface area contributed by atoms with Crippen LogP contribution >= 0.6 is 15.9 Å². The van der Waals surface area contributed by atoms with Gasteiger partial charge in [0, 0.05) is 41.4 Å². The topological polar surface area (TPSA) is 29.9 Å². The summed E-state index contributed by atoms with van der Waals surface area (Å²) in [7, 11) is 1.96. The van der Waals surface area contributed by atoms with E-state index in [9.17, 15) is 0 Å². The molecule has 4 heteroatoms. The van der Waals surface area contributed by atoms with E-state index in [4.69, 9.17) is 0 Å². The molecule has 0 aliphatic carbocycles. The summed E-state index contributed by atoms with van der Waals surface area (Å²) in [5.74, 6) is 0. The van der Waals surface area contributed by atoms with Gasteiger partial charge in [0.2, 0.25) is 0 Å². The van der Waals surface area contributed by atoms with Crippen LogP contribution in [0.4, 0.5) is 0 Å². The van der Waals surface area contributed by atoms with Crippen molar-refractivity contribution in [1.29, 1.82) is 0 Å². The van der Waals surface area contributed by atoms with Crippen molar-refractivity contribution in [2.75, 3.05) is 0 Å². The molecule has 0 spiro atoms. The fraction of sp³-hybridized carbons (Fsp3) is 0.357. The molecule has 0 amide bonds. The Labute approximate surface area is 116 Å². The van der Waals surface area contributed by atoms with Crippen molar-refractivity contribution in [3.8, 4) is 11.3 Å². The lowest BCUT2D eigenvalue weighted by atomic mass is 10.1. The van der Waals surface area contributed by atoms with E-state index in [2.05, 4.69) is 52.5 Å². The summed E-state index contributed by atoms with van der Waals surface area (Å²) in [4.78, 5) is 0. The second-order valence-corrected chi connectivity index (χ2v) is 5.55. The Bertz CT molecular complexity index is 532. The predicted octanol–water partition coefficient (Wildman–Crippen LogP) is 3.35. The van der Waals surface area contributed by atoms with Crippen molar-refractivity contribution in [3.05, 3.63) is 40.5 Å². The lowest BCUT2D eigenvalue weighted by Gasteiger charge is -2.08. The zero-order valence-electron chi connectivity index (χ0n) is 10.9. The molecule has 3 nitrogen and oxygen atoms in total. The quantitative estimate of drug-likeness (QED) is 0.939. The molecular weight excluding hydrogens is 290 g/mol. The number of halogens is 1. The molecule has 18 heavy (non-hydrogen) atoms. The molecule has 0 saturated carbocycles. The van der Waals surface area contributed by atoms with E-state index in [1.807, 2.05) is 29.9 Å². The largest absolute Gasteiger partial charge is 0.310 e. The van der Waals surface area contributed by atoms with Crippen LogP contribution in [0, 0.1) is 0 Å². The minimum atomic E-state index is 0.470. The summed E-state index contributed by atoms with van der Waals surface area (Å²) < 4.78 is 2.95. The van der Waals surface area contributed by atoms with Crippen molar-refractivity contribution in [2.24, 2.45) is 7.05 Å². The number of nitrogens with one attached hydrogen (secondary N) is 1. The van der Waals surface area contributed by atoms with E-state index in [1.54, 1.807) is 0 Å². The molecule has 0 unspecified atom stereocenters. The number of hydrogen-bond donors (Lipinski definition) is 1. The monoisotopic (exact) mass is 307 g/mol. The normalized spacial score (nSPS) is 11.2. The fourth-order valence-electron chi connectivity index (χ4n) is 1.86. The molecule has 0 bridgehead atoms. The van der Waals surface area contributed by atoms with Crippen LogP contribution < -0.4 is 5.32 Å². The smallest absolute Gasteiger partial charge is 0.0979 e. The van der Waals surface area contributed by atoms with Crippen molar-refractivity contribution in [3.63, 3.8) is 0 Å². The number of rotatable bonds is 4. The molecule has 1 heterocycles. The number of aromatic nitrogens is 2. The Morgan fingerprint density at radius 3 is 2.72 bits per heavy atom. The van der Waals surface area contributed by atoms with Gasteiger partial charge in [-0.25, -0.2) is 0 Å². The second-order valence-electron chi connectivity index (χ2n) is 4.69. The molecule has 96 valence electrons. The standard InChI is InChI=1S/C14H18BrN3/c1-10(2)16-8-11-9-18(3)17-14(11)12-6-4-5-7-13(12)15/h4-7,9-10,16H,8H2,1-3H3. The van der Waals surface area contributed by atoms with E-state index in [-0.39, 0.29) is 0 Å². The van der Waals surface area contributed by atoms with Crippen LogP contribution in [-0.2, 0) is 13.6 Å². The van der Waals surface area contributed by atoms with Crippen LogP contribution in [0.3, 0.4) is 0 Å². The van der Waals surface area contributed by atoms with Gasteiger partial charge in [0.1, 0.15) is 0 Å². The second kappa shape index (κ2) is 5.67. The minimum absolute atomic E-state index is 0.470. The van der Waals surface area contributed by atoms with Gasteiger partial charge in [-0.05, 0) is 6.07 Å². The van der Waals surface area contributed by atoms with Gasteiger partial charge >= 0.3 is 0 Å². The maximum Gasteiger partial charge on any atom is 0.0979 e. The summed E-state index contributed by atoms with van der Waals surface area (Å²) in [6.45, 7) is 5.13. The number of hydrogen-bond acceptors (Lipinski definition) is 2. The molecule has 0 radical (unpaired) electrons. The third-order valence-electron chi connectivity index (χ3n) is 2.73. The molecule has 0 saturated heterocycles. The average Bonchev–Trinajstić information content (AvgIpc) is 2.68. The van der Waals surface area contributed by atoms with Crippen LogP contribution in [0.15, 0.2) is 34.9 Å². The van der Waals surface area contributed by atoms with E-state index >= 15 is 0 Å². The highest BCUT2D eigenvalue weighted by atomic mass is 79.9. The number of benzene rings is 1. The Kier molecular flexibility index (Phi) is 4.19. The molecule has 0 atom stereocenters. The molecule has 2 aromatic rings. The zero-order chi connectivity index (χ0) is 13.1. The lowest BCUT2D eigenvalue weighted by Crippen LogP contribution is -2.21. The zero-order valence-corrected chi connectivity index (χ0v) is 12.5. The van der Waals surface area contributed by atoms with Crippen LogP contribution in [0.5, 0.6) is 0 Å². The Balaban J connectivity index is 2.36. The Morgan fingerprint density at radius 2 is 2.06 bits per heavy atom. The summed E-state index contributed by atoms with van der Waals surface area (Å²) in [5, 5.41) is 8.00. The maximum absolute atomic E-state index is 4.57. The van der Waals surface area contributed by atoms with E-state index < -0.39 is 0 Å². The van der Waals surface area contributed by atoms with Crippen molar-refractivity contribution in [1.82, 2.24) is 15.1 Å². The predicted molar refractivity (Wildman–Crippen MR) is 78.3 cm³/mol. The fourth-order valence-corrected chi connectivity index (χ4v) is 2.33. The summed E-state index contributed by atoms with van der Waals surface area (Å²) in [6, 6.07) is 8.66. The third-order valence-corrected chi connectivity index (χ3v) is 3.43. The van der Waals surface area contributed by atoms with Gasteiger partial charge in [0.15, 0.2) is 0 Å². The van der Waals surface area contributed by atoms with Crippen LogP contribution in [0.1, 0.15) is 19.4 Å². The van der Waals surface area contributed by atoms with Gasteiger partial charge in [-0.15, -0.1) is 0 Å². The molecule has 0 aliphatic rings. The lowest BCUT2D eigenvalue weighted by molar-refractivity contribution is 0.589. The minimum Gasteiger partial charge on any atom is -0.310 e. The highest BCUT2D eigenvalue weighted by Crippen LogP contribution is 2.29. The molecule has 1 aromatic carbocycles. The Hall–Kier alpha value is -1.13. The molecular formula is C14H18BrN3. The molecule has 1 N–H and O–H groups in total. The highest BCUT2D eigenvalue weighted by Gasteiger charge is 2.12. The maximum atomic E-state index is 4.57. The number of nitrogens with zero attached hydrogens (tertiary/aromatic N) is 2.